The zero-order valence-corrected chi connectivity index (χ0v) is 18.2. The van der Waals surface area contributed by atoms with E-state index in [1.165, 1.54) is 32.4 Å². The van der Waals surface area contributed by atoms with Gasteiger partial charge in [-0.15, -0.1) is 0 Å². The van der Waals surface area contributed by atoms with Crippen LogP contribution in [0, 0.1) is 0 Å². The van der Waals surface area contributed by atoms with Crippen LogP contribution in [0.3, 0.4) is 0 Å². The van der Waals surface area contributed by atoms with Gasteiger partial charge < -0.3 is 16.0 Å². The Balaban J connectivity index is 1.51. The van der Waals surface area contributed by atoms with E-state index >= 15 is 0 Å². The molecular formula is C20H35N9. The van der Waals surface area contributed by atoms with E-state index in [2.05, 4.69) is 56.7 Å². The summed E-state index contributed by atoms with van der Waals surface area (Å²) in [6, 6.07) is 0. The highest BCUT2D eigenvalue weighted by atomic mass is 15.3. The van der Waals surface area contributed by atoms with Crippen molar-refractivity contribution in [2.75, 3.05) is 44.6 Å². The van der Waals surface area contributed by atoms with Gasteiger partial charge in [0, 0.05) is 32.2 Å². The molecule has 9 heteroatoms. The number of aliphatic imine (C=N–C) groups is 1. The van der Waals surface area contributed by atoms with Crippen molar-refractivity contribution in [2.45, 2.75) is 45.6 Å². The Labute approximate surface area is 173 Å². The van der Waals surface area contributed by atoms with Gasteiger partial charge in [0.2, 0.25) is 0 Å². The standard InChI is InChI=1S/C20H35N9/c1-5-21-19(24-14-20(2,3)29-11-7-6-8-12-29)23-10-9-22-17-16-13-27-28(4)18(16)26-15-25-17/h13,15H,5-12,14H2,1-4H3,(H2,21,23,24)(H,22,25,26). The molecule has 29 heavy (non-hydrogen) atoms. The summed E-state index contributed by atoms with van der Waals surface area (Å²) < 4.78 is 1.75. The van der Waals surface area contributed by atoms with Crippen LogP contribution in [-0.4, -0.2) is 75.4 Å². The number of hydrogen-bond donors (Lipinski definition) is 3. The number of nitrogens with zero attached hydrogens (tertiary/aromatic N) is 6. The van der Waals surface area contributed by atoms with Gasteiger partial charge in [0.25, 0.3) is 0 Å². The minimum Gasteiger partial charge on any atom is -0.368 e. The molecule has 1 aliphatic rings. The molecule has 2 aromatic rings. The second kappa shape index (κ2) is 9.87. The van der Waals surface area contributed by atoms with Crippen LogP contribution in [0.2, 0.25) is 0 Å². The molecule has 3 N–H and O–H groups in total. The van der Waals surface area contributed by atoms with Gasteiger partial charge in [-0.2, -0.15) is 5.10 Å². The van der Waals surface area contributed by atoms with Crippen molar-refractivity contribution in [1.29, 1.82) is 0 Å². The first kappa shape index (κ1) is 21.3. The third-order valence-electron chi connectivity index (χ3n) is 5.42. The van der Waals surface area contributed by atoms with Crippen molar-refractivity contribution in [3.63, 3.8) is 0 Å². The molecule has 160 valence electrons. The molecule has 0 bridgehead atoms. The number of aromatic nitrogens is 4. The Morgan fingerprint density at radius 2 is 1.93 bits per heavy atom. The van der Waals surface area contributed by atoms with Crippen LogP contribution in [-0.2, 0) is 7.05 Å². The van der Waals surface area contributed by atoms with Gasteiger partial charge in [0.15, 0.2) is 11.6 Å². The van der Waals surface area contributed by atoms with Crippen molar-refractivity contribution >= 4 is 22.8 Å². The Morgan fingerprint density at radius 1 is 1.14 bits per heavy atom. The molecule has 0 spiro atoms. The van der Waals surface area contributed by atoms with E-state index in [0.29, 0.717) is 0 Å². The smallest absolute Gasteiger partial charge is 0.191 e. The van der Waals surface area contributed by atoms with E-state index in [1.807, 2.05) is 7.05 Å². The molecule has 3 rings (SSSR count). The van der Waals surface area contributed by atoms with Crippen molar-refractivity contribution in [2.24, 2.45) is 12.0 Å². The number of nitrogens with one attached hydrogen (secondary N) is 3. The number of guanidine groups is 1. The van der Waals surface area contributed by atoms with Gasteiger partial charge >= 0.3 is 0 Å². The second-order valence-electron chi connectivity index (χ2n) is 8.14. The summed E-state index contributed by atoms with van der Waals surface area (Å²) in [5, 5.41) is 15.3. The molecule has 0 amide bonds. The summed E-state index contributed by atoms with van der Waals surface area (Å²) in [6.07, 6.45) is 7.30. The minimum absolute atomic E-state index is 0.0773. The van der Waals surface area contributed by atoms with E-state index in [1.54, 1.807) is 17.2 Å². The van der Waals surface area contributed by atoms with Gasteiger partial charge in [-0.25, -0.2) is 9.97 Å². The van der Waals surface area contributed by atoms with Gasteiger partial charge in [-0.1, -0.05) is 6.42 Å². The van der Waals surface area contributed by atoms with Crippen LogP contribution in [0.5, 0.6) is 0 Å². The summed E-state index contributed by atoms with van der Waals surface area (Å²) in [5.41, 5.74) is 0.902. The Morgan fingerprint density at radius 3 is 2.69 bits per heavy atom. The lowest BCUT2D eigenvalue weighted by atomic mass is 9.99. The maximum Gasteiger partial charge on any atom is 0.191 e. The molecule has 0 unspecified atom stereocenters. The van der Waals surface area contributed by atoms with E-state index in [9.17, 15) is 0 Å². The summed E-state index contributed by atoms with van der Waals surface area (Å²) in [6.45, 7) is 12.1. The van der Waals surface area contributed by atoms with Crippen molar-refractivity contribution in [3.05, 3.63) is 12.5 Å². The van der Waals surface area contributed by atoms with Gasteiger partial charge in [-0.05, 0) is 46.7 Å². The van der Waals surface area contributed by atoms with Crippen LogP contribution in [0.25, 0.3) is 11.0 Å². The van der Waals surface area contributed by atoms with Gasteiger partial charge in [0.1, 0.15) is 12.1 Å². The van der Waals surface area contributed by atoms with Crippen LogP contribution in [0.4, 0.5) is 5.82 Å². The van der Waals surface area contributed by atoms with Crippen LogP contribution >= 0.6 is 0 Å². The van der Waals surface area contributed by atoms with Gasteiger partial charge in [-0.3, -0.25) is 14.6 Å². The normalized spacial score (nSPS) is 16.2. The number of likely N-dealkylation sites (tertiary alicyclic amines) is 1. The lowest BCUT2D eigenvalue weighted by Gasteiger charge is -2.40. The van der Waals surface area contributed by atoms with Crippen molar-refractivity contribution in [3.8, 4) is 0 Å². The quantitative estimate of drug-likeness (QED) is 0.351. The number of rotatable bonds is 8. The van der Waals surface area contributed by atoms with Crippen molar-refractivity contribution in [1.82, 2.24) is 35.3 Å². The molecule has 0 radical (unpaired) electrons. The Bertz CT molecular complexity index is 805. The number of fused-ring (bicyclic) bond motifs is 1. The van der Waals surface area contributed by atoms with Crippen LogP contribution in [0.1, 0.15) is 40.0 Å². The largest absolute Gasteiger partial charge is 0.368 e. The first-order valence-corrected chi connectivity index (χ1v) is 10.6. The molecule has 0 aliphatic carbocycles. The molecule has 1 aliphatic heterocycles. The number of anilines is 1. The molecule has 0 atom stereocenters. The maximum atomic E-state index is 4.84. The average molecular weight is 402 g/mol. The topological polar surface area (TPSA) is 95.3 Å². The van der Waals surface area contributed by atoms with E-state index < -0.39 is 0 Å². The van der Waals surface area contributed by atoms with Crippen LogP contribution < -0.4 is 16.0 Å². The second-order valence-corrected chi connectivity index (χ2v) is 8.14. The predicted octanol–water partition coefficient (Wildman–Crippen LogP) is 1.59. The highest BCUT2D eigenvalue weighted by Gasteiger charge is 2.27. The third-order valence-corrected chi connectivity index (χ3v) is 5.42. The number of aryl methyl sites for hydroxylation is 1. The van der Waals surface area contributed by atoms with E-state index in [0.717, 1.165) is 49.0 Å². The summed E-state index contributed by atoms with van der Waals surface area (Å²) in [7, 11) is 1.88. The number of hydrogen-bond acceptors (Lipinski definition) is 6. The molecule has 9 nitrogen and oxygen atoms in total. The Hall–Kier alpha value is -2.42. The highest BCUT2D eigenvalue weighted by molar-refractivity contribution is 5.86. The van der Waals surface area contributed by atoms with E-state index in [-0.39, 0.29) is 5.54 Å². The third kappa shape index (κ3) is 5.56. The fourth-order valence-corrected chi connectivity index (χ4v) is 3.68. The molecule has 2 aromatic heterocycles. The lowest BCUT2D eigenvalue weighted by Crippen LogP contribution is -2.49. The molecule has 0 aromatic carbocycles. The van der Waals surface area contributed by atoms with Crippen molar-refractivity contribution < 1.29 is 0 Å². The first-order valence-electron chi connectivity index (χ1n) is 10.6. The maximum absolute atomic E-state index is 4.84. The first-order chi connectivity index (χ1) is 14.0. The predicted molar refractivity (Wildman–Crippen MR) is 118 cm³/mol. The summed E-state index contributed by atoms with van der Waals surface area (Å²) in [4.78, 5) is 16.0. The summed E-state index contributed by atoms with van der Waals surface area (Å²) in [5.74, 6) is 1.66. The zero-order valence-electron chi connectivity index (χ0n) is 18.2. The highest BCUT2D eigenvalue weighted by Crippen LogP contribution is 2.21. The molecule has 0 saturated carbocycles. The molecular weight excluding hydrogens is 366 g/mol. The lowest BCUT2D eigenvalue weighted by molar-refractivity contribution is 0.102. The molecule has 3 heterocycles. The Kier molecular flexibility index (Phi) is 7.24. The van der Waals surface area contributed by atoms with Gasteiger partial charge in [0.05, 0.1) is 18.1 Å². The monoisotopic (exact) mass is 401 g/mol. The van der Waals surface area contributed by atoms with Crippen LogP contribution in [0.15, 0.2) is 17.5 Å². The fraction of sp³-hybridized carbons (Fsp3) is 0.700. The molecule has 1 fully saturated rings. The molecule has 1 saturated heterocycles. The minimum atomic E-state index is 0.0773. The average Bonchev–Trinajstić information content (AvgIpc) is 3.12. The van der Waals surface area contributed by atoms with E-state index in [4.69, 9.17) is 4.99 Å². The number of piperidine rings is 1. The summed E-state index contributed by atoms with van der Waals surface area (Å²) >= 11 is 0. The SMILES string of the molecule is CCNC(=NCC(C)(C)N1CCCCC1)NCCNc1ncnc2c1cnn2C. The fourth-order valence-electron chi connectivity index (χ4n) is 3.68. The zero-order chi connectivity index (χ0) is 20.7.